The van der Waals surface area contributed by atoms with E-state index in [1.807, 2.05) is 0 Å². The van der Waals surface area contributed by atoms with Crippen LogP contribution in [0.2, 0.25) is 0 Å². The first-order valence-electron chi connectivity index (χ1n) is 8.24. The van der Waals surface area contributed by atoms with E-state index in [9.17, 15) is 0 Å². The van der Waals surface area contributed by atoms with Crippen molar-refractivity contribution in [3.8, 4) is 0 Å². The summed E-state index contributed by atoms with van der Waals surface area (Å²) in [6, 6.07) is 0. The highest BCUT2D eigenvalue weighted by Gasteiger charge is 2.31. The van der Waals surface area contributed by atoms with Crippen molar-refractivity contribution in [2.24, 2.45) is 0 Å². The first-order valence-corrected chi connectivity index (χ1v) is 8.24. The van der Waals surface area contributed by atoms with Crippen LogP contribution in [0.5, 0.6) is 0 Å². The molecule has 0 atom stereocenters. The van der Waals surface area contributed by atoms with Gasteiger partial charge in [-0.15, -0.1) is 0 Å². The summed E-state index contributed by atoms with van der Waals surface area (Å²) in [5, 5.41) is 3.48. The van der Waals surface area contributed by atoms with Gasteiger partial charge in [0.25, 0.3) is 0 Å². The highest BCUT2D eigenvalue weighted by molar-refractivity contribution is 4.85. The molecule has 1 rings (SSSR count). The second-order valence-corrected chi connectivity index (χ2v) is 5.68. The molecule has 0 aromatic rings. The Kier molecular flexibility index (Phi) is 10.3. The van der Waals surface area contributed by atoms with Crippen molar-refractivity contribution in [1.29, 1.82) is 0 Å². The largest absolute Gasteiger partial charge is 0.382 e. The Labute approximate surface area is 124 Å². The van der Waals surface area contributed by atoms with E-state index in [0.29, 0.717) is 13.2 Å². The summed E-state index contributed by atoms with van der Waals surface area (Å²) in [5.41, 5.74) is 0.0685. The molecule has 1 aliphatic rings. The van der Waals surface area contributed by atoms with Crippen LogP contribution in [0.1, 0.15) is 51.9 Å². The minimum Gasteiger partial charge on any atom is -0.382 e. The number of hydrogen-bond donors (Lipinski definition) is 1. The van der Waals surface area contributed by atoms with Crippen LogP contribution in [0.25, 0.3) is 0 Å². The van der Waals surface area contributed by atoms with Crippen LogP contribution in [-0.2, 0) is 14.2 Å². The summed E-state index contributed by atoms with van der Waals surface area (Å²) in [7, 11) is 1.70. The van der Waals surface area contributed by atoms with Crippen molar-refractivity contribution in [1.82, 2.24) is 5.32 Å². The highest BCUT2D eigenvalue weighted by Crippen LogP contribution is 2.30. The molecule has 0 spiro atoms. The molecule has 0 aromatic heterocycles. The molecule has 1 saturated carbocycles. The van der Waals surface area contributed by atoms with Gasteiger partial charge in [0.2, 0.25) is 0 Å². The number of ether oxygens (including phenoxy) is 3. The van der Waals surface area contributed by atoms with Gasteiger partial charge < -0.3 is 19.5 Å². The molecule has 120 valence electrons. The minimum absolute atomic E-state index is 0.0685. The lowest BCUT2D eigenvalue weighted by Gasteiger charge is -2.33. The summed E-state index contributed by atoms with van der Waals surface area (Å²) < 4.78 is 16.7. The zero-order chi connectivity index (χ0) is 14.5. The Balaban J connectivity index is 2.22. The molecule has 20 heavy (non-hydrogen) atoms. The second-order valence-electron chi connectivity index (χ2n) is 5.68. The second kappa shape index (κ2) is 11.5. The van der Waals surface area contributed by atoms with Crippen LogP contribution in [0, 0.1) is 0 Å². The molecule has 0 bridgehead atoms. The third-order valence-corrected chi connectivity index (χ3v) is 3.99. The predicted octanol–water partition coefficient (Wildman–Crippen LogP) is 2.76. The van der Waals surface area contributed by atoms with Crippen molar-refractivity contribution in [2.75, 3.05) is 46.6 Å². The zero-order valence-corrected chi connectivity index (χ0v) is 13.4. The van der Waals surface area contributed by atoms with Gasteiger partial charge >= 0.3 is 0 Å². The van der Waals surface area contributed by atoms with Crippen LogP contribution >= 0.6 is 0 Å². The van der Waals surface area contributed by atoms with Gasteiger partial charge in [0.15, 0.2) is 0 Å². The molecule has 0 unspecified atom stereocenters. The average molecular weight is 287 g/mol. The first kappa shape index (κ1) is 17.9. The molecule has 0 aromatic carbocycles. The van der Waals surface area contributed by atoms with E-state index in [-0.39, 0.29) is 5.60 Å². The summed E-state index contributed by atoms with van der Waals surface area (Å²) in [5.74, 6) is 0. The molecular weight excluding hydrogens is 254 g/mol. The maximum atomic E-state index is 6.29. The molecule has 4 heteroatoms. The van der Waals surface area contributed by atoms with Crippen LogP contribution in [0.3, 0.4) is 0 Å². The zero-order valence-electron chi connectivity index (χ0n) is 13.4. The predicted molar refractivity (Wildman–Crippen MR) is 82.2 cm³/mol. The van der Waals surface area contributed by atoms with Crippen molar-refractivity contribution >= 4 is 0 Å². The molecule has 0 heterocycles. The molecule has 0 radical (unpaired) electrons. The van der Waals surface area contributed by atoms with Gasteiger partial charge in [0.1, 0.15) is 0 Å². The quantitative estimate of drug-likeness (QED) is 0.468. The Bertz CT molecular complexity index is 216. The van der Waals surface area contributed by atoms with E-state index in [2.05, 4.69) is 12.2 Å². The summed E-state index contributed by atoms with van der Waals surface area (Å²) in [4.78, 5) is 0. The normalized spacial score (nSPS) is 18.9. The van der Waals surface area contributed by atoms with Gasteiger partial charge in [0, 0.05) is 26.9 Å². The Morgan fingerprint density at radius 2 is 1.70 bits per heavy atom. The Hall–Kier alpha value is -0.160. The van der Waals surface area contributed by atoms with Crippen molar-refractivity contribution in [2.45, 2.75) is 57.5 Å². The van der Waals surface area contributed by atoms with E-state index in [4.69, 9.17) is 14.2 Å². The average Bonchev–Trinajstić information content (AvgIpc) is 2.70. The van der Waals surface area contributed by atoms with E-state index in [0.717, 1.165) is 32.7 Å². The maximum absolute atomic E-state index is 6.29. The van der Waals surface area contributed by atoms with E-state index in [1.54, 1.807) is 7.11 Å². The van der Waals surface area contributed by atoms with Crippen LogP contribution in [0.4, 0.5) is 0 Å². The van der Waals surface area contributed by atoms with Crippen molar-refractivity contribution in [3.63, 3.8) is 0 Å². The number of methoxy groups -OCH3 is 1. The lowest BCUT2D eigenvalue weighted by atomic mass is 9.94. The van der Waals surface area contributed by atoms with Crippen LogP contribution < -0.4 is 5.32 Å². The van der Waals surface area contributed by atoms with Crippen LogP contribution in [-0.4, -0.2) is 52.2 Å². The third kappa shape index (κ3) is 7.58. The molecule has 1 fully saturated rings. The molecule has 1 N–H and O–H groups in total. The highest BCUT2D eigenvalue weighted by atomic mass is 16.5. The number of hydrogen-bond acceptors (Lipinski definition) is 4. The summed E-state index contributed by atoms with van der Waals surface area (Å²) in [6.07, 6.45) is 8.69. The lowest BCUT2D eigenvalue weighted by molar-refractivity contribution is -0.0618. The number of nitrogens with one attached hydrogen (secondary N) is 1. The smallest absolute Gasteiger partial charge is 0.0806 e. The minimum atomic E-state index is 0.0685. The van der Waals surface area contributed by atoms with Gasteiger partial charge in [0.05, 0.1) is 18.8 Å². The Morgan fingerprint density at radius 1 is 0.950 bits per heavy atom. The summed E-state index contributed by atoms with van der Waals surface area (Å²) >= 11 is 0. The van der Waals surface area contributed by atoms with E-state index >= 15 is 0 Å². The first-order chi connectivity index (χ1) is 9.83. The molecule has 0 amide bonds. The molecule has 4 nitrogen and oxygen atoms in total. The van der Waals surface area contributed by atoms with Gasteiger partial charge in [-0.2, -0.15) is 0 Å². The van der Waals surface area contributed by atoms with Gasteiger partial charge in [-0.1, -0.05) is 32.6 Å². The SMILES string of the molecule is CCNCC1(OCCCOCCOC)CCCCCC1. The number of rotatable bonds is 11. The van der Waals surface area contributed by atoms with Crippen LogP contribution in [0.15, 0.2) is 0 Å². The van der Waals surface area contributed by atoms with E-state index in [1.165, 1.54) is 38.5 Å². The third-order valence-electron chi connectivity index (χ3n) is 3.99. The van der Waals surface area contributed by atoms with Crippen molar-refractivity contribution < 1.29 is 14.2 Å². The lowest BCUT2D eigenvalue weighted by Crippen LogP contribution is -2.43. The fourth-order valence-corrected chi connectivity index (χ4v) is 2.79. The Morgan fingerprint density at radius 3 is 2.35 bits per heavy atom. The molecular formula is C16H33NO3. The fraction of sp³-hybridized carbons (Fsp3) is 1.00. The maximum Gasteiger partial charge on any atom is 0.0806 e. The molecule has 0 aliphatic heterocycles. The van der Waals surface area contributed by atoms with Gasteiger partial charge in [-0.25, -0.2) is 0 Å². The standard InChI is InChI=1S/C16H33NO3/c1-3-17-15-16(9-6-4-5-7-10-16)20-12-8-11-19-14-13-18-2/h17H,3-15H2,1-2H3. The molecule has 1 aliphatic carbocycles. The summed E-state index contributed by atoms with van der Waals surface area (Å²) in [6.45, 7) is 7.09. The van der Waals surface area contributed by atoms with E-state index < -0.39 is 0 Å². The van der Waals surface area contributed by atoms with Gasteiger partial charge in [-0.05, 0) is 25.8 Å². The fourth-order valence-electron chi connectivity index (χ4n) is 2.79. The number of likely N-dealkylation sites (N-methyl/N-ethyl adjacent to an activating group) is 1. The van der Waals surface area contributed by atoms with Gasteiger partial charge in [-0.3, -0.25) is 0 Å². The topological polar surface area (TPSA) is 39.7 Å². The molecule has 0 saturated heterocycles. The monoisotopic (exact) mass is 287 g/mol. The van der Waals surface area contributed by atoms with Crippen molar-refractivity contribution in [3.05, 3.63) is 0 Å².